The Morgan fingerprint density at radius 1 is 1.47 bits per heavy atom. The molecule has 3 nitrogen and oxygen atoms in total. The van der Waals surface area contributed by atoms with Crippen LogP contribution in [-0.2, 0) is 0 Å². The second-order valence-electron chi connectivity index (χ2n) is 2.82. The molecule has 0 bridgehead atoms. The lowest BCUT2D eigenvalue weighted by Crippen LogP contribution is -2.24. The number of hydrogen-bond acceptors (Lipinski definition) is 3. The van der Waals surface area contributed by atoms with Crippen molar-refractivity contribution in [3.05, 3.63) is 47.4 Å². The van der Waals surface area contributed by atoms with Crippen LogP contribution in [0.5, 0.6) is 0 Å². The Balaban J connectivity index is 2.44. The van der Waals surface area contributed by atoms with E-state index in [4.69, 9.17) is 5.41 Å². The van der Waals surface area contributed by atoms with E-state index < -0.39 is 0 Å². The van der Waals surface area contributed by atoms with Crippen molar-refractivity contribution in [3.63, 3.8) is 0 Å². The van der Waals surface area contributed by atoms with Crippen molar-refractivity contribution in [1.82, 2.24) is 5.32 Å². The number of thioether (sulfide) groups is 1. The zero-order valence-corrected chi connectivity index (χ0v) is 9.01. The van der Waals surface area contributed by atoms with Gasteiger partial charge < -0.3 is 10.7 Å². The molecule has 1 rings (SSSR count). The van der Waals surface area contributed by atoms with Crippen LogP contribution in [0.3, 0.4) is 0 Å². The smallest absolute Gasteiger partial charge is 0.251 e. The highest BCUT2D eigenvalue weighted by Crippen LogP contribution is 2.07. The zero-order chi connectivity index (χ0) is 11.1. The number of amides is 1. The summed E-state index contributed by atoms with van der Waals surface area (Å²) < 4.78 is 0. The molecule has 0 aliphatic heterocycles. The van der Waals surface area contributed by atoms with Crippen molar-refractivity contribution in [3.8, 4) is 0 Å². The fraction of sp³-hybridized carbons (Fsp3) is 0.0909. The molecule has 15 heavy (non-hydrogen) atoms. The van der Waals surface area contributed by atoms with Gasteiger partial charge in [-0.05, 0) is 12.1 Å². The highest BCUT2D eigenvalue weighted by molar-refractivity contribution is 8.15. The number of carbonyl (C=O) groups excluding carboxylic acids is 1. The van der Waals surface area contributed by atoms with Gasteiger partial charge in [0.05, 0.1) is 5.55 Å². The molecule has 0 aliphatic carbocycles. The highest BCUT2D eigenvalue weighted by atomic mass is 32.2. The predicted molar refractivity (Wildman–Crippen MR) is 64.3 cm³/mol. The molecule has 1 aromatic carbocycles. The van der Waals surface area contributed by atoms with Crippen molar-refractivity contribution >= 4 is 23.2 Å². The Hall–Kier alpha value is -1.55. The van der Waals surface area contributed by atoms with Crippen LogP contribution in [0, 0.1) is 5.41 Å². The van der Waals surface area contributed by atoms with Gasteiger partial charge in [-0.25, -0.2) is 0 Å². The van der Waals surface area contributed by atoms with Crippen LogP contribution in [0.4, 0.5) is 0 Å². The molecule has 0 heterocycles. The van der Waals surface area contributed by atoms with Crippen LogP contribution in [0.25, 0.3) is 0 Å². The van der Waals surface area contributed by atoms with Crippen LogP contribution in [0.2, 0.25) is 0 Å². The van der Waals surface area contributed by atoms with Crippen LogP contribution in [-0.4, -0.2) is 18.0 Å². The van der Waals surface area contributed by atoms with Crippen LogP contribution in [0.15, 0.2) is 41.8 Å². The third-order valence-electron chi connectivity index (χ3n) is 1.71. The maximum atomic E-state index is 11.5. The van der Waals surface area contributed by atoms with Crippen LogP contribution in [0.1, 0.15) is 10.4 Å². The first-order chi connectivity index (χ1) is 7.24. The summed E-state index contributed by atoms with van der Waals surface area (Å²) in [5.74, 6) is -0.123. The molecule has 0 aliphatic rings. The first kappa shape index (κ1) is 11.5. The summed E-state index contributed by atoms with van der Waals surface area (Å²) in [6, 6.07) is 9.00. The molecule has 78 valence electrons. The fourth-order valence-electron chi connectivity index (χ4n) is 0.995. The third kappa shape index (κ3) is 3.99. The molecule has 2 N–H and O–H groups in total. The molecule has 0 saturated heterocycles. The van der Waals surface area contributed by atoms with E-state index >= 15 is 0 Å². The van der Waals surface area contributed by atoms with Crippen LogP contribution >= 0.6 is 11.8 Å². The predicted octanol–water partition coefficient (Wildman–Crippen LogP) is 2.27. The lowest BCUT2D eigenvalue weighted by molar-refractivity contribution is 0.0957. The molecule has 0 aromatic heterocycles. The number of benzene rings is 1. The monoisotopic (exact) mass is 220 g/mol. The van der Waals surface area contributed by atoms with Gasteiger partial charge >= 0.3 is 0 Å². The summed E-state index contributed by atoms with van der Waals surface area (Å²) in [5, 5.41) is 9.57. The maximum absolute atomic E-state index is 11.5. The molecule has 0 fully saturated rings. The van der Waals surface area contributed by atoms with Gasteiger partial charge in [-0.2, -0.15) is 0 Å². The number of hydrogen-bond donors (Lipinski definition) is 2. The molecular weight excluding hydrogens is 208 g/mol. The summed E-state index contributed by atoms with van der Waals surface area (Å²) in [7, 11) is 0. The maximum Gasteiger partial charge on any atom is 0.251 e. The van der Waals surface area contributed by atoms with E-state index in [2.05, 4.69) is 11.9 Å². The van der Waals surface area contributed by atoms with E-state index in [1.807, 2.05) is 18.2 Å². The normalized spacial score (nSPS) is 9.33. The van der Waals surface area contributed by atoms with Crippen molar-refractivity contribution in [2.45, 2.75) is 0 Å². The summed E-state index contributed by atoms with van der Waals surface area (Å²) >= 11 is 1.20. The van der Waals surface area contributed by atoms with E-state index in [-0.39, 0.29) is 5.91 Å². The van der Waals surface area contributed by atoms with E-state index in [1.165, 1.54) is 17.3 Å². The molecule has 0 saturated carbocycles. The summed E-state index contributed by atoms with van der Waals surface area (Å²) in [4.78, 5) is 12.3. The number of nitrogens with one attached hydrogen (secondary N) is 2. The van der Waals surface area contributed by atoms with E-state index in [9.17, 15) is 4.79 Å². The average molecular weight is 220 g/mol. The first-order valence-corrected chi connectivity index (χ1v) is 5.28. The minimum atomic E-state index is -0.123. The summed E-state index contributed by atoms with van der Waals surface area (Å²) in [5.41, 5.74) is 1.82. The average Bonchev–Trinajstić information content (AvgIpc) is 2.27. The lowest BCUT2D eigenvalue weighted by Gasteiger charge is -2.05. The van der Waals surface area contributed by atoms with Gasteiger partial charge in [0.2, 0.25) is 0 Å². The molecule has 0 unspecified atom stereocenters. The quantitative estimate of drug-likeness (QED) is 0.590. The van der Waals surface area contributed by atoms with Crippen molar-refractivity contribution in [1.29, 1.82) is 5.41 Å². The van der Waals surface area contributed by atoms with Gasteiger partial charge in [-0.3, -0.25) is 4.79 Å². The second-order valence-corrected chi connectivity index (χ2v) is 3.87. The molecule has 4 heteroatoms. The minimum Gasteiger partial charge on any atom is -0.347 e. The van der Waals surface area contributed by atoms with Crippen molar-refractivity contribution in [2.24, 2.45) is 0 Å². The third-order valence-corrected chi connectivity index (χ3v) is 2.30. The molecule has 0 radical (unpaired) electrons. The van der Waals surface area contributed by atoms with Crippen LogP contribution < -0.4 is 5.32 Å². The standard InChI is InChI=1S/C11H12N2OS/c1-9(15-8-12)7-13-11(14)10-5-3-2-4-6-10/h2-6,8,12H,1,7H2,(H,13,14). The fourth-order valence-corrected chi connectivity index (χ4v) is 1.32. The second kappa shape index (κ2) is 6.03. The topological polar surface area (TPSA) is 53.0 Å². The Bertz CT molecular complexity index is 362. The summed E-state index contributed by atoms with van der Waals surface area (Å²) in [6.07, 6.45) is 0. The van der Waals surface area contributed by atoms with E-state index in [0.29, 0.717) is 12.1 Å². The van der Waals surface area contributed by atoms with Gasteiger partial charge in [0.15, 0.2) is 0 Å². The van der Waals surface area contributed by atoms with Gasteiger partial charge in [0, 0.05) is 17.0 Å². The Morgan fingerprint density at radius 3 is 2.73 bits per heavy atom. The van der Waals surface area contributed by atoms with Crippen molar-refractivity contribution in [2.75, 3.05) is 6.54 Å². The number of carbonyl (C=O) groups is 1. The van der Waals surface area contributed by atoms with Gasteiger partial charge in [0.1, 0.15) is 0 Å². The zero-order valence-electron chi connectivity index (χ0n) is 8.19. The molecular formula is C11H12N2OS. The minimum absolute atomic E-state index is 0.123. The van der Waals surface area contributed by atoms with E-state index in [0.717, 1.165) is 4.91 Å². The Morgan fingerprint density at radius 2 is 2.13 bits per heavy atom. The van der Waals surface area contributed by atoms with Crippen molar-refractivity contribution < 1.29 is 4.79 Å². The SMILES string of the molecule is C=C(CNC(=O)c1ccccc1)SC=N. The largest absolute Gasteiger partial charge is 0.347 e. The Kier molecular flexibility index (Phi) is 4.63. The van der Waals surface area contributed by atoms with Gasteiger partial charge in [0.25, 0.3) is 5.91 Å². The lowest BCUT2D eigenvalue weighted by atomic mass is 10.2. The molecule has 1 aromatic rings. The summed E-state index contributed by atoms with van der Waals surface area (Å²) in [6.45, 7) is 4.09. The first-order valence-electron chi connectivity index (χ1n) is 4.40. The molecule has 0 spiro atoms. The van der Waals surface area contributed by atoms with Gasteiger partial charge in [-0.1, -0.05) is 36.5 Å². The number of rotatable bonds is 5. The van der Waals surface area contributed by atoms with E-state index in [1.54, 1.807) is 12.1 Å². The highest BCUT2D eigenvalue weighted by Gasteiger charge is 2.03. The molecule has 1 amide bonds. The molecule has 0 atom stereocenters. The van der Waals surface area contributed by atoms with Gasteiger partial charge in [-0.15, -0.1) is 0 Å². The Labute approximate surface area is 93.1 Å².